The molecule has 6 nitrogen and oxygen atoms in total. The average molecular weight is 493 g/mol. The predicted molar refractivity (Wildman–Crippen MR) is 131 cm³/mol. The maximum atomic E-state index is 16.4. The highest BCUT2D eigenvalue weighted by Crippen LogP contribution is 2.50. The summed E-state index contributed by atoms with van der Waals surface area (Å²) < 4.78 is 38.1. The van der Waals surface area contributed by atoms with Gasteiger partial charge in [0.1, 0.15) is 5.60 Å². The molecule has 0 radical (unpaired) electrons. The highest BCUT2D eigenvalue weighted by Gasteiger charge is 2.70. The number of nitrogens with one attached hydrogen (secondary N) is 1. The van der Waals surface area contributed by atoms with Crippen LogP contribution in [0, 0.1) is 0 Å². The Hall–Kier alpha value is -4.07. The van der Waals surface area contributed by atoms with Gasteiger partial charge < -0.3 is 9.64 Å². The first kappa shape index (κ1) is 25.0. The van der Waals surface area contributed by atoms with Gasteiger partial charge in [0.05, 0.1) is 12.2 Å². The van der Waals surface area contributed by atoms with Crippen molar-refractivity contribution in [1.82, 2.24) is 5.32 Å². The molecule has 3 aromatic rings. The molecule has 0 bridgehead atoms. The number of carbonyl (C=O) groups excluding carboxylic acids is 3. The second kappa shape index (κ2) is 9.18. The van der Waals surface area contributed by atoms with Gasteiger partial charge in [-0.2, -0.15) is 8.78 Å². The number of ketones is 1. The lowest BCUT2D eigenvalue weighted by atomic mass is 9.81. The van der Waals surface area contributed by atoms with Gasteiger partial charge in [-0.3, -0.25) is 14.9 Å². The minimum Gasteiger partial charge on any atom is -0.444 e. The Bertz CT molecular complexity index is 1290. The van der Waals surface area contributed by atoms with Gasteiger partial charge in [0, 0.05) is 11.1 Å². The van der Waals surface area contributed by atoms with Crippen molar-refractivity contribution < 1.29 is 27.9 Å². The highest BCUT2D eigenvalue weighted by atomic mass is 19.3. The maximum Gasteiger partial charge on any atom is 0.408 e. The van der Waals surface area contributed by atoms with E-state index in [1.54, 1.807) is 63.2 Å². The molecule has 186 valence electrons. The number of nitrogens with zero attached hydrogens (tertiary/aromatic N) is 1. The zero-order valence-corrected chi connectivity index (χ0v) is 20.1. The van der Waals surface area contributed by atoms with Crippen molar-refractivity contribution in [2.75, 3.05) is 4.90 Å². The zero-order valence-electron chi connectivity index (χ0n) is 20.1. The van der Waals surface area contributed by atoms with Gasteiger partial charge in [-0.25, -0.2) is 4.79 Å². The number of fused-ring (bicyclic) bond motifs is 1. The molecule has 3 aromatic carbocycles. The Morgan fingerprint density at radius 1 is 0.889 bits per heavy atom. The summed E-state index contributed by atoms with van der Waals surface area (Å²) in [5.41, 5.74) is -3.68. The largest absolute Gasteiger partial charge is 0.444 e. The maximum absolute atomic E-state index is 16.4. The van der Waals surface area contributed by atoms with Crippen LogP contribution in [0.2, 0.25) is 0 Å². The second-order valence-electron chi connectivity index (χ2n) is 9.54. The third-order valence-electron chi connectivity index (χ3n) is 5.83. The molecule has 0 aromatic heterocycles. The number of Topliss-reactive ketones (excluding diaryl/α,β-unsaturated/α-hetero) is 1. The monoisotopic (exact) mass is 492 g/mol. The molecule has 1 aliphatic heterocycles. The first-order valence-corrected chi connectivity index (χ1v) is 11.4. The summed E-state index contributed by atoms with van der Waals surface area (Å²) in [4.78, 5) is 41.3. The number of alkyl halides is 2. The normalized spacial score (nSPS) is 17.5. The van der Waals surface area contributed by atoms with Crippen LogP contribution in [0.5, 0.6) is 0 Å². The Labute approximate surface area is 207 Å². The Kier molecular flexibility index (Phi) is 6.39. The minimum absolute atomic E-state index is 0.0377. The van der Waals surface area contributed by atoms with Crippen LogP contribution >= 0.6 is 0 Å². The lowest BCUT2D eigenvalue weighted by Crippen LogP contribution is -2.66. The summed E-state index contributed by atoms with van der Waals surface area (Å²) in [5.74, 6) is -7.08. The third-order valence-corrected chi connectivity index (χ3v) is 5.83. The van der Waals surface area contributed by atoms with Crippen LogP contribution in [0.1, 0.15) is 42.3 Å². The average Bonchev–Trinajstić information content (AvgIpc) is 3.07. The van der Waals surface area contributed by atoms with Gasteiger partial charge >= 0.3 is 12.0 Å². The Morgan fingerprint density at radius 2 is 1.44 bits per heavy atom. The van der Waals surface area contributed by atoms with Crippen LogP contribution in [0.25, 0.3) is 0 Å². The smallest absolute Gasteiger partial charge is 0.408 e. The Balaban J connectivity index is 1.89. The molecule has 8 heteroatoms. The first-order valence-electron chi connectivity index (χ1n) is 11.4. The highest BCUT2D eigenvalue weighted by molar-refractivity contribution is 6.15. The molecule has 36 heavy (non-hydrogen) atoms. The molecule has 0 saturated heterocycles. The van der Waals surface area contributed by atoms with Gasteiger partial charge in [0.15, 0.2) is 0 Å². The van der Waals surface area contributed by atoms with E-state index in [4.69, 9.17) is 4.74 Å². The number of alkyl carbamates (subject to hydrolysis) is 1. The summed E-state index contributed by atoms with van der Waals surface area (Å²) in [5, 5.41) is 2.14. The minimum atomic E-state index is -4.36. The number of hydrogen-bond acceptors (Lipinski definition) is 4. The molecule has 1 aliphatic rings. The first-order chi connectivity index (χ1) is 17.0. The molecule has 0 saturated carbocycles. The summed E-state index contributed by atoms with van der Waals surface area (Å²) in [7, 11) is 0. The van der Waals surface area contributed by atoms with E-state index >= 15 is 8.78 Å². The number of para-hydroxylation sites is 1. The molecule has 1 unspecified atom stereocenters. The number of amides is 2. The fourth-order valence-electron chi connectivity index (χ4n) is 4.28. The quantitative estimate of drug-likeness (QED) is 0.463. The van der Waals surface area contributed by atoms with E-state index < -0.39 is 34.8 Å². The number of hydrogen-bond donors (Lipinski definition) is 1. The topological polar surface area (TPSA) is 75.7 Å². The third kappa shape index (κ3) is 4.34. The van der Waals surface area contributed by atoms with E-state index in [1.807, 2.05) is 0 Å². The SMILES string of the molecule is CC(C)(C)OC(=O)NC1(C(F)(F)C(=O)c2ccccc2)C(=O)N(Cc2ccccc2)c2ccccc21. The van der Waals surface area contributed by atoms with Gasteiger partial charge in [-0.15, -0.1) is 0 Å². The van der Waals surface area contributed by atoms with Crippen molar-refractivity contribution in [3.05, 3.63) is 102 Å². The predicted octanol–water partition coefficient (Wildman–Crippen LogP) is 5.47. The molecule has 1 heterocycles. The van der Waals surface area contributed by atoms with Crippen molar-refractivity contribution in [2.45, 2.75) is 44.4 Å². The van der Waals surface area contributed by atoms with Gasteiger partial charge in [-0.1, -0.05) is 78.9 Å². The van der Waals surface area contributed by atoms with Gasteiger partial charge in [0.25, 0.3) is 5.91 Å². The summed E-state index contributed by atoms with van der Waals surface area (Å²) >= 11 is 0. The second-order valence-corrected chi connectivity index (χ2v) is 9.54. The molecular weight excluding hydrogens is 466 g/mol. The van der Waals surface area contributed by atoms with Crippen LogP contribution in [0.15, 0.2) is 84.9 Å². The van der Waals surface area contributed by atoms with E-state index in [9.17, 15) is 14.4 Å². The number of anilines is 1. The molecule has 1 N–H and O–H groups in total. The number of rotatable bonds is 6. The van der Waals surface area contributed by atoms with E-state index in [2.05, 4.69) is 5.32 Å². The standard InChI is InChI=1S/C28H26F2N2O4/c1-26(2,3)36-25(35)31-27(28(29,30)23(33)20-14-8-5-9-15-20)21-16-10-11-17-22(21)32(24(27)34)18-19-12-6-4-7-13-19/h4-17H,18H2,1-3H3,(H,31,35). The fraction of sp³-hybridized carbons (Fsp3) is 0.250. The number of ether oxygens (including phenoxy) is 1. The van der Waals surface area contributed by atoms with E-state index in [0.717, 1.165) is 4.90 Å². The van der Waals surface area contributed by atoms with Crippen molar-refractivity contribution >= 4 is 23.5 Å². The van der Waals surface area contributed by atoms with Crippen LogP contribution in [-0.2, 0) is 21.6 Å². The molecule has 1 atom stereocenters. The van der Waals surface area contributed by atoms with Crippen LogP contribution in [0.3, 0.4) is 0 Å². The van der Waals surface area contributed by atoms with Crippen molar-refractivity contribution in [2.24, 2.45) is 0 Å². The summed E-state index contributed by atoms with van der Waals surface area (Å²) in [6.07, 6.45) is -1.24. The van der Waals surface area contributed by atoms with Crippen LogP contribution in [0.4, 0.5) is 19.3 Å². The lowest BCUT2D eigenvalue weighted by molar-refractivity contribution is -0.138. The van der Waals surface area contributed by atoms with E-state index in [1.165, 1.54) is 42.5 Å². The molecule has 0 aliphatic carbocycles. The van der Waals surface area contributed by atoms with Crippen molar-refractivity contribution in [3.63, 3.8) is 0 Å². The number of carbonyl (C=O) groups is 3. The fourth-order valence-corrected chi connectivity index (χ4v) is 4.28. The molecule has 0 spiro atoms. The van der Waals surface area contributed by atoms with Crippen LogP contribution < -0.4 is 10.2 Å². The molecular formula is C28H26F2N2O4. The Morgan fingerprint density at radius 3 is 2.06 bits per heavy atom. The summed E-state index contributed by atoms with van der Waals surface area (Å²) in [6.45, 7) is 4.67. The number of benzene rings is 3. The molecule has 0 fully saturated rings. The van der Waals surface area contributed by atoms with Crippen LogP contribution in [-0.4, -0.2) is 29.3 Å². The van der Waals surface area contributed by atoms with E-state index in [0.29, 0.717) is 5.56 Å². The van der Waals surface area contributed by atoms with Crippen molar-refractivity contribution in [3.8, 4) is 0 Å². The molecule has 4 rings (SSSR count). The van der Waals surface area contributed by atoms with Gasteiger partial charge in [-0.05, 0) is 32.4 Å². The summed E-state index contributed by atoms with van der Waals surface area (Å²) in [6, 6.07) is 21.7. The van der Waals surface area contributed by atoms with E-state index in [-0.39, 0.29) is 23.4 Å². The molecule has 2 amide bonds. The number of halogens is 2. The lowest BCUT2D eigenvalue weighted by Gasteiger charge is -2.36. The van der Waals surface area contributed by atoms with Gasteiger partial charge in [0.2, 0.25) is 11.3 Å². The zero-order chi connectivity index (χ0) is 26.1. The van der Waals surface area contributed by atoms with Crippen molar-refractivity contribution in [1.29, 1.82) is 0 Å².